The number of carboxylic acids is 1. The number of nitrogens with zero attached hydrogens (tertiary/aromatic N) is 2. The molecule has 1 heterocycles. The summed E-state index contributed by atoms with van der Waals surface area (Å²) in [7, 11) is 0. The molecule has 0 saturated heterocycles. The second-order valence-electron chi connectivity index (χ2n) is 2.88. The van der Waals surface area contributed by atoms with Gasteiger partial charge in [0.15, 0.2) is 10.6 Å². The minimum absolute atomic E-state index is 0.0640. The normalized spacial score (nSPS) is 10.2. The standard InChI is InChI=1S/C7H9N3O3S/c1-3(2)8-6(11)4-5(7(12)13)14-10-9-4/h3H,1-2H3,(H,8,11)(H,12,13). The number of rotatable bonds is 3. The van der Waals surface area contributed by atoms with Crippen molar-refractivity contribution in [1.82, 2.24) is 14.9 Å². The first-order chi connectivity index (χ1) is 6.52. The van der Waals surface area contributed by atoms with E-state index in [0.29, 0.717) is 11.5 Å². The van der Waals surface area contributed by atoms with Crippen molar-refractivity contribution in [2.45, 2.75) is 19.9 Å². The van der Waals surface area contributed by atoms with Gasteiger partial charge < -0.3 is 10.4 Å². The van der Waals surface area contributed by atoms with E-state index in [2.05, 4.69) is 14.9 Å². The molecule has 0 atom stereocenters. The third-order valence-corrected chi connectivity index (χ3v) is 2.03. The molecule has 7 heteroatoms. The molecule has 0 aliphatic heterocycles. The fourth-order valence-corrected chi connectivity index (χ4v) is 1.31. The lowest BCUT2D eigenvalue weighted by Crippen LogP contribution is -2.31. The van der Waals surface area contributed by atoms with Crippen molar-refractivity contribution < 1.29 is 14.7 Å². The van der Waals surface area contributed by atoms with Crippen LogP contribution in [0, 0.1) is 0 Å². The van der Waals surface area contributed by atoms with Gasteiger partial charge in [-0.15, -0.1) is 5.10 Å². The maximum Gasteiger partial charge on any atom is 0.350 e. The van der Waals surface area contributed by atoms with Gasteiger partial charge in [-0.3, -0.25) is 4.79 Å². The van der Waals surface area contributed by atoms with Crippen molar-refractivity contribution in [3.63, 3.8) is 0 Å². The average Bonchev–Trinajstić information content (AvgIpc) is 2.49. The van der Waals surface area contributed by atoms with E-state index in [1.54, 1.807) is 13.8 Å². The number of aromatic carboxylic acids is 1. The molecule has 1 aromatic rings. The molecule has 0 bridgehead atoms. The van der Waals surface area contributed by atoms with E-state index < -0.39 is 11.9 Å². The van der Waals surface area contributed by atoms with Crippen LogP contribution >= 0.6 is 11.5 Å². The summed E-state index contributed by atoms with van der Waals surface area (Å²) in [6.07, 6.45) is 0. The van der Waals surface area contributed by atoms with Crippen LogP contribution in [0.25, 0.3) is 0 Å². The third-order valence-electron chi connectivity index (χ3n) is 1.32. The summed E-state index contributed by atoms with van der Waals surface area (Å²) in [5.74, 6) is -1.69. The summed E-state index contributed by atoms with van der Waals surface area (Å²) < 4.78 is 3.42. The zero-order chi connectivity index (χ0) is 10.7. The molecule has 0 saturated carbocycles. The van der Waals surface area contributed by atoms with Crippen LogP contribution in [0.1, 0.15) is 34.0 Å². The van der Waals surface area contributed by atoms with Gasteiger partial charge in [0.2, 0.25) is 0 Å². The molecule has 1 rings (SSSR count). The lowest BCUT2D eigenvalue weighted by Gasteiger charge is -2.05. The quantitative estimate of drug-likeness (QED) is 0.760. The first-order valence-electron chi connectivity index (χ1n) is 3.89. The van der Waals surface area contributed by atoms with Gasteiger partial charge >= 0.3 is 5.97 Å². The molecular weight excluding hydrogens is 206 g/mol. The van der Waals surface area contributed by atoms with Crippen LogP contribution in [0.15, 0.2) is 0 Å². The molecule has 76 valence electrons. The van der Waals surface area contributed by atoms with Crippen LogP contribution in [0.4, 0.5) is 0 Å². The van der Waals surface area contributed by atoms with Gasteiger partial charge in [-0.25, -0.2) is 4.79 Å². The highest BCUT2D eigenvalue weighted by atomic mass is 32.1. The number of hydrogen-bond acceptors (Lipinski definition) is 5. The van der Waals surface area contributed by atoms with Crippen LogP contribution in [0.5, 0.6) is 0 Å². The van der Waals surface area contributed by atoms with Gasteiger partial charge in [0.05, 0.1) is 0 Å². The zero-order valence-electron chi connectivity index (χ0n) is 7.64. The fraction of sp³-hybridized carbons (Fsp3) is 0.429. The van der Waals surface area contributed by atoms with E-state index in [1.807, 2.05) is 0 Å². The van der Waals surface area contributed by atoms with Crippen molar-refractivity contribution in [2.24, 2.45) is 0 Å². The van der Waals surface area contributed by atoms with Crippen LogP contribution in [-0.2, 0) is 0 Å². The summed E-state index contributed by atoms with van der Waals surface area (Å²) in [5, 5.41) is 14.7. The maximum atomic E-state index is 11.4. The number of amides is 1. The summed E-state index contributed by atoms with van der Waals surface area (Å²) in [5.41, 5.74) is -0.129. The lowest BCUT2D eigenvalue weighted by atomic mass is 10.3. The van der Waals surface area contributed by atoms with Gasteiger partial charge in [-0.1, -0.05) is 4.49 Å². The van der Waals surface area contributed by atoms with Crippen LogP contribution in [-0.4, -0.2) is 32.6 Å². The summed E-state index contributed by atoms with van der Waals surface area (Å²) in [6.45, 7) is 3.55. The Hall–Kier alpha value is -1.50. The first kappa shape index (κ1) is 10.6. The zero-order valence-corrected chi connectivity index (χ0v) is 8.46. The molecular formula is C7H9N3O3S. The molecule has 1 amide bonds. The lowest BCUT2D eigenvalue weighted by molar-refractivity contribution is 0.0695. The number of carbonyl (C=O) groups is 2. The first-order valence-corrected chi connectivity index (χ1v) is 4.66. The molecule has 1 aromatic heterocycles. The van der Waals surface area contributed by atoms with Crippen molar-refractivity contribution in [3.05, 3.63) is 10.6 Å². The van der Waals surface area contributed by atoms with E-state index >= 15 is 0 Å². The Labute approximate surface area is 84.1 Å². The van der Waals surface area contributed by atoms with E-state index in [-0.39, 0.29) is 16.6 Å². The Morgan fingerprint density at radius 1 is 1.50 bits per heavy atom. The molecule has 0 fully saturated rings. The van der Waals surface area contributed by atoms with Crippen LogP contribution < -0.4 is 5.32 Å². The summed E-state index contributed by atoms with van der Waals surface area (Å²) in [4.78, 5) is 21.9. The average molecular weight is 215 g/mol. The Morgan fingerprint density at radius 2 is 2.14 bits per heavy atom. The topological polar surface area (TPSA) is 92.2 Å². The Bertz CT molecular complexity index is 361. The smallest absolute Gasteiger partial charge is 0.350 e. The molecule has 0 aliphatic carbocycles. The fourth-order valence-electron chi connectivity index (χ4n) is 0.810. The third kappa shape index (κ3) is 2.25. The monoisotopic (exact) mass is 215 g/mol. The van der Waals surface area contributed by atoms with E-state index in [1.165, 1.54) is 0 Å². The Balaban J connectivity index is 2.90. The second-order valence-corrected chi connectivity index (χ2v) is 3.64. The molecule has 2 N–H and O–H groups in total. The minimum atomic E-state index is -1.19. The highest BCUT2D eigenvalue weighted by Crippen LogP contribution is 2.10. The number of carbonyl (C=O) groups excluding carboxylic acids is 1. The highest BCUT2D eigenvalue weighted by molar-refractivity contribution is 7.08. The molecule has 14 heavy (non-hydrogen) atoms. The number of hydrogen-bond donors (Lipinski definition) is 2. The summed E-state index contributed by atoms with van der Waals surface area (Å²) in [6, 6.07) is -0.0640. The van der Waals surface area contributed by atoms with Crippen molar-refractivity contribution in [1.29, 1.82) is 0 Å². The molecule has 0 spiro atoms. The van der Waals surface area contributed by atoms with Gasteiger partial charge in [0, 0.05) is 6.04 Å². The second kappa shape index (κ2) is 4.14. The van der Waals surface area contributed by atoms with E-state index in [0.717, 1.165) is 0 Å². The van der Waals surface area contributed by atoms with Crippen LogP contribution in [0.3, 0.4) is 0 Å². The number of aromatic nitrogens is 2. The van der Waals surface area contributed by atoms with Gasteiger partial charge in [0.1, 0.15) is 0 Å². The van der Waals surface area contributed by atoms with Gasteiger partial charge in [-0.05, 0) is 25.4 Å². The Kier molecular flexibility index (Phi) is 3.13. The van der Waals surface area contributed by atoms with Gasteiger partial charge in [-0.2, -0.15) is 0 Å². The van der Waals surface area contributed by atoms with Crippen molar-refractivity contribution in [2.75, 3.05) is 0 Å². The predicted molar refractivity (Wildman–Crippen MR) is 49.5 cm³/mol. The molecule has 0 aromatic carbocycles. The molecule has 0 radical (unpaired) electrons. The molecule has 0 aliphatic rings. The largest absolute Gasteiger partial charge is 0.477 e. The van der Waals surface area contributed by atoms with Crippen molar-refractivity contribution >= 4 is 23.4 Å². The molecule has 6 nitrogen and oxygen atoms in total. The van der Waals surface area contributed by atoms with E-state index in [4.69, 9.17) is 5.11 Å². The van der Waals surface area contributed by atoms with E-state index in [9.17, 15) is 9.59 Å². The molecule has 0 unspecified atom stereocenters. The van der Waals surface area contributed by atoms with Crippen LogP contribution in [0.2, 0.25) is 0 Å². The number of carboxylic acid groups (broad SMARTS) is 1. The maximum absolute atomic E-state index is 11.4. The van der Waals surface area contributed by atoms with Gasteiger partial charge in [0.25, 0.3) is 5.91 Å². The highest BCUT2D eigenvalue weighted by Gasteiger charge is 2.21. The Morgan fingerprint density at radius 3 is 2.64 bits per heavy atom. The minimum Gasteiger partial charge on any atom is -0.477 e. The predicted octanol–water partition coefficient (Wildman–Crippen LogP) is 0.374. The summed E-state index contributed by atoms with van der Waals surface area (Å²) >= 11 is 0.692. The van der Waals surface area contributed by atoms with Crippen molar-refractivity contribution in [3.8, 4) is 0 Å². The SMILES string of the molecule is CC(C)NC(=O)c1nnsc1C(=O)O. The number of nitrogens with one attached hydrogen (secondary N) is 1.